The lowest BCUT2D eigenvalue weighted by atomic mass is 10.3. The second kappa shape index (κ2) is 6.95. The summed E-state index contributed by atoms with van der Waals surface area (Å²) < 4.78 is 45.5. The maximum Gasteiger partial charge on any atom is 0.277 e. The first kappa shape index (κ1) is 16.5. The summed E-state index contributed by atoms with van der Waals surface area (Å²) in [6, 6.07) is 2.71. The van der Waals surface area contributed by atoms with Gasteiger partial charge in [-0.15, -0.1) is 0 Å². The Morgan fingerprint density at radius 2 is 2.17 bits per heavy atom. The number of amides is 1. The molecule has 1 aromatic carbocycles. The molecule has 0 unspecified atom stereocenters. The van der Waals surface area contributed by atoms with Crippen molar-refractivity contribution >= 4 is 12.1 Å². The van der Waals surface area contributed by atoms with Crippen LogP contribution < -0.4 is 10.2 Å². The van der Waals surface area contributed by atoms with Gasteiger partial charge >= 0.3 is 0 Å². The average molecular weight is 326 g/mol. The van der Waals surface area contributed by atoms with E-state index in [9.17, 15) is 18.0 Å². The van der Waals surface area contributed by atoms with Gasteiger partial charge in [-0.2, -0.15) is 14.6 Å². The molecular weight excluding hydrogens is 313 g/mol. The third kappa shape index (κ3) is 4.09. The van der Waals surface area contributed by atoms with Crippen LogP contribution in [0.2, 0.25) is 0 Å². The van der Waals surface area contributed by atoms with Crippen LogP contribution in [-0.4, -0.2) is 28.5 Å². The van der Waals surface area contributed by atoms with Gasteiger partial charge in [0, 0.05) is 13.1 Å². The highest BCUT2D eigenvalue weighted by molar-refractivity contribution is 5.83. The number of carbonyl (C=O) groups excluding carboxylic acids is 1. The predicted molar refractivity (Wildman–Crippen MR) is 75.5 cm³/mol. The fraction of sp³-hybridized carbons (Fsp3) is 0.214. The van der Waals surface area contributed by atoms with Gasteiger partial charge in [-0.1, -0.05) is 0 Å². The minimum absolute atomic E-state index is 0.137. The van der Waals surface area contributed by atoms with Gasteiger partial charge in [0.05, 0.1) is 17.5 Å². The van der Waals surface area contributed by atoms with Crippen LogP contribution in [0.1, 0.15) is 11.3 Å². The summed E-state index contributed by atoms with van der Waals surface area (Å²) in [4.78, 5) is 11.5. The largest absolute Gasteiger partial charge is 0.481 e. The number of hydrogen-bond donors (Lipinski definition) is 1. The predicted octanol–water partition coefficient (Wildman–Crippen LogP) is 1.67. The van der Waals surface area contributed by atoms with Crippen molar-refractivity contribution in [2.75, 3.05) is 6.61 Å². The molecule has 122 valence electrons. The highest BCUT2D eigenvalue weighted by atomic mass is 19.1. The number of aryl methyl sites for hydroxylation is 2. The van der Waals surface area contributed by atoms with E-state index in [0.29, 0.717) is 11.8 Å². The fourth-order valence-corrected chi connectivity index (χ4v) is 1.73. The summed E-state index contributed by atoms with van der Waals surface area (Å²) in [7, 11) is 1.43. The van der Waals surface area contributed by atoms with Crippen molar-refractivity contribution in [3.05, 3.63) is 47.0 Å². The number of hydrazone groups is 1. The molecule has 0 radical (unpaired) electrons. The second-order valence-corrected chi connectivity index (χ2v) is 4.57. The molecule has 6 nitrogen and oxygen atoms in total. The molecule has 1 aromatic heterocycles. The molecule has 0 aliphatic rings. The number of nitrogens with zero attached hydrogens (tertiary/aromatic N) is 3. The van der Waals surface area contributed by atoms with Gasteiger partial charge in [0.25, 0.3) is 5.91 Å². The smallest absolute Gasteiger partial charge is 0.277 e. The van der Waals surface area contributed by atoms with Gasteiger partial charge in [0.1, 0.15) is 5.82 Å². The summed E-state index contributed by atoms with van der Waals surface area (Å²) in [6.07, 6.45) is 1.11. The van der Waals surface area contributed by atoms with E-state index >= 15 is 0 Å². The van der Waals surface area contributed by atoms with Crippen LogP contribution in [0, 0.1) is 24.5 Å². The molecule has 2 aromatic rings. The number of halogens is 3. The number of nitrogens with one attached hydrogen (secondary N) is 1. The molecule has 0 aliphatic carbocycles. The zero-order valence-electron chi connectivity index (χ0n) is 12.3. The topological polar surface area (TPSA) is 68.5 Å². The molecule has 2 rings (SSSR count). The molecule has 23 heavy (non-hydrogen) atoms. The Bertz CT molecular complexity index is 759. The molecular formula is C14H13F3N4O2. The Hall–Kier alpha value is -2.84. The van der Waals surface area contributed by atoms with Crippen LogP contribution in [-0.2, 0) is 11.8 Å². The van der Waals surface area contributed by atoms with Crippen LogP contribution in [0.25, 0.3) is 0 Å². The minimum Gasteiger partial charge on any atom is -0.481 e. The Morgan fingerprint density at radius 1 is 1.43 bits per heavy atom. The van der Waals surface area contributed by atoms with Gasteiger partial charge in [-0.3, -0.25) is 4.79 Å². The highest BCUT2D eigenvalue weighted by Gasteiger charge is 2.11. The van der Waals surface area contributed by atoms with Crippen molar-refractivity contribution in [3.8, 4) is 5.75 Å². The monoisotopic (exact) mass is 326 g/mol. The number of benzene rings is 1. The number of aromatic nitrogens is 2. The molecule has 0 spiro atoms. The van der Waals surface area contributed by atoms with E-state index in [0.717, 1.165) is 23.0 Å². The van der Waals surface area contributed by atoms with E-state index < -0.39 is 30.1 Å². The molecule has 9 heteroatoms. The fourth-order valence-electron chi connectivity index (χ4n) is 1.73. The molecule has 0 bridgehead atoms. The normalized spacial score (nSPS) is 11.0. The number of carbonyl (C=O) groups is 1. The maximum atomic E-state index is 13.6. The van der Waals surface area contributed by atoms with Gasteiger partial charge in [-0.25, -0.2) is 18.9 Å². The van der Waals surface area contributed by atoms with Crippen molar-refractivity contribution in [2.24, 2.45) is 12.1 Å². The van der Waals surface area contributed by atoms with Crippen LogP contribution in [0.5, 0.6) is 5.75 Å². The zero-order chi connectivity index (χ0) is 17.0. The van der Waals surface area contributed by atoms with E-state index in [4.69, 9.17) is 4.74 Å². The van der Waals surface area contributed by atoms with Gasteiger partial charge in [0.15, 0.2) is 18.2 Å². The third-order valence-electron chi connectivity index (χ3n) is 2.83. The zero-order valence-corrected chi connectivity index (χ0v) is 12.3. The van der Waals surface area contributed by atoms with Crippen molar-refractivity contribution in [3.63, 3.8) is 0 Å². The summed E-state index contributed by atoms with van der Waals surface area (Å²) in [5.74, 6) is -3.22. The van der Waals surface area contributed by atoms with E-state index in [1.165, 1.54) is 7.05 Å². The number of rotatable bonds is 5. The first-order chi connectivity index (χ1) is 10.9. The SMILES string of the molecule is Cc1nn(C)c(F)c1/C=N/NC(=O)COc1ccc(F)cc1F. The Labute approximate surface area is 129 Å². The summed E-state index contributed by atoms with van der Waals surface area (Å²) >= 11 is 0. The van der Waals surface area contributed by atoms with E-state index in [1.807, 2.05) is 0 Å². The molecule has 1 heterocycles. The van der Waals surface area contributed by atoms with E-state index in [1.54, 1.807) is 6.92 Å². The van der Waals surface area contributed by atoms with Crippen LogP contribution in [0.4, 0.5) is 13.2 Å². The van der Waals surface area contributed by atoms with E-state index in [2.05, 4.69) is 15.6 Å². The highest BCUT2D eigenvalue weighted by Crippen LogP contribution is 2.17. The second-order valence-electron chi connectivity index (χ2n) is 4.57. The Morgan fingerprint density at radius 3 is 2.78 bits per heavy atom. The lowest BCUT2D eigenvalue weighted by Crippen LogP contribution is -2.24. The molecule has 0 saturated heterocycles. The van der Waals surface area contributed by atoms with Crippen LogP contribution in [0.15, 0.2) is 23.3 Å². The van der Waals surface area contributed by atoms with Crippen LogP contribution in [0.3, 0.4) is 0 Å². The van der Waals surface area contributed by atoms with Gasteiger partial charge in [-0.05, 0) is 19.1 Å². The van der Waals surface area contributed by atoms with Crippen molar-refractivity contribution in [2.45, 2.75) is 6.92 Å². The molecule has 0 atom stereocenters. The molecule has 0 aliphatic heterocycles. The quantitative estimate of drug-likeness (QED) is 0.671. The lowest BCUT2D eigenvalue weighted by molar-refractivity contribution is -0.123. The Balaban J connectivity index is 1.89. The molecule has 1 N–H and O–H groups in total. The molecule has 1 amide bonds. The standard InChI is InChI=1S/C14H13F3N4O2/c1-8-10(14(17)21(2)20-8)6-18-19-13(22)7-23-12-4-3-9(15)5-11(12)16/h3-6H,7H2,1-2H3,(H,19,22)/b18-6+. The third-order valence-corrected chi connectivity index (χ3v) is 2.83. The van der Waals surface area contributed by atoms with Crippen molar-refractivity contribution in [1.29, 1.82) is 0 Å². The molecule has 0 saturated carbocycles. The number of hydrogen-bond acceptors (Lipinski definition) is 4. The summed E-state index contributed by atoms with van der Waals surface area (Å²) in [6.45, 7) is 1.06. The van der Waals surface area contributed by atoms with Gasteiger partial charge in [0.2, 0.25) is 5.95 Å². The Kier molecular flexibility index (Phi) is 4.99. The summed E-state index contributed by atoms with van der Waals surface area (Å²) in [5, 5.41) is 7.42. The first-order valence-electron chi connectivity index (χ1n) is 6.47. The minimum atomic E-state index is -0.922. The summed E-state index contributed by atoms with van der Waals surface area (Å²) in [5.41, 5.74) is 2.65. The van der Waals surface area contributed by atoms with Crippen molar-refractivity contribution < 1.29 is 22.7 Å². The van der Waals surface area contributed by atoms with Crippen molar-refractivity contribution in [1.82, 2.24) is 15.2 Å². The number of ether oxygens (including phenoxy) is 1. The average Bonchev–Trinajstić information content (AvgIpc) is 2.72. The van der Waals surface area contributed by atoms with Gasteiger partial charge < -0.3 is 4.74 Å². The molecule has 0 fully saturated rings. The maximum absolute atomic E-state index is 13.6. The lowest BCUT2D eigenvalue weighted by Gasteiger charge is -2.05. The van der Waals surface area contributed by atoms with E-state index in [-0.39, 0.29) is 11.3 Å². The van der Waals surface area contributed by atoms with Crippen LogP contribution >= 0.6 is 0 Å². The first-order valence-corrected chi connectivity index (χ1v) is 6.47.